The highest BCUT2D eigenvalue weighted by Crippen LogP contribution is 2.36. The highest BCUT2D eigenvalue weighted by atomic mass is 19.4. The van der Waals surface area contributed by atoms with Crippen LogP contribution in [0.3, 0.4) is 0 Å². The first-order valence-corrected chi connectivity index (χ1v) is 12.9. The zero-order valence-electron chi connectivity index (χ0n) is 22.8. The molecule has 0 fully saturated rings. The topological polar surface area (TPSA) is 81.7 Å². The summed E-state index contributed by atoms with van der Waals surface area (Å²) >= 11 is 0. The number of halogens is 4. The molecule has 0 saturated carbocycles. The number of carbonyl (C=O) groups is 2. The highest BCUT2D eigenvalue weighted by molar-refractivity contribution is 6.03. The van der Waals surface area contributed by atoms with Crippen LogP contribution in [0.15, 0.2) is 60.7 Å². The third kappa shape index (κ3) is 8.21. The molecular formula is C30H33F4N3O3. The van der Waals surface area contributed by atoms with Gasteiger partial charge >= 0.3 is 18.2 Å². The van der Waals surface area contributed by atoms with Gasteiger partial charge < -0.3 is 20.6 Å². The van der Waals surface area contributed by atoms with Crippen molar-refractivity contribution < 1.29 is 32.3 Å². The minimum absolute atomic E-state index is 0.0623. The number of alkyl halides is 3. The molecule has 0 spiro atoms. The molecule has 0 bridgehead atoms. The first kappa shape index (κ1) is 30.5. The number of nitrogens with zero attached hydrogens (tertiary/aromatic N) is 1. The smallest absolute Gasteiger partial charge is 0.391 e. The third-order valence-electron chi connectivity index (χ3n) is 6.39. The SMILES string of the molecule is Cc1ccc(NC(=O)Nc2cc(-c3cc(F)ccc3C(=O)O)ccc2N(CCC(C)C(F)(F)F)CC(C)C)cc1. The van der Waals surface area contributed by atoms with Gasteiger partial charge in [-0.25, -0.2) is 14.0 Å². The molecule has 1 unspecified atom stereocenters. The molecule has 3 N–H and O–H groups in total. The second-order valence-electron chi connectivity index (χ2n) is 10.2. The van der Waals surface area contributed by atoms with E-state index >= 15 is 0 Å². The van der Waals surface area contributed by atoms with Gasteiger partial charge in [-0.1, -0.05) is 44.5 Å². The Hall–Kier alpha value is -4.08. The van der Waals surface area contributed by atoms with Gasteiger partial charge in [0, 0.05) is 18.8 Å². The fourth-order valence-corrected chi connectivity index (χ4v) is 4.21. The molecule has 214 valence electrons. The number of urea groups is 1. The second kappa shape index (κ2) is 12.8. The maximum absolute atomic E-state index is 14.1. The summed E-state index contributed by atoms with van der Waals surface area (Å²) in [5.74, 6) is -3.35. The monoisotopic (exact) mass is 559 g/mol. The molecule has 0 aliphatic carbocycles. The van der Waals surface area contributed by atoms with Crippen molar-refractivity contribution in [2.45, 2.75) is 40.3 Å². The van der Waals surface area contributed by atoms with Crippen LogP contribution in [0.5, 0.6) is 0 Å². The number of carbonyl (C=O) groups excluding carboxylic acids is 1. The average Bonchev–Trinajstić information content (AvgIpc) is 2.86. The van der Waals surface area contributed by atoms with Crippen LogP contribution in [0, 0.1) is 24.6 Å². The Morgan fingerprint density at radius 3 is 2.23 bits per heavy atom. The fourth-order valence-electron chi connectivity index (χ4n) is 4.21. The van der Waals surface area contributed by atoms with E-state index in [4.69, 9.17) is 0 Å². The Balaban J connectivity index is 2.05. The van der Waals surface area contributed by atoms with E-state index in [2.05, 4.69) is 10.6 Å². The number of aromatic carboxylic acids is 1. The summed E-state index contributed by atoms with van der Waals surface area (Å²) in [7, 11) is 0. The Morgan fingerprint density at radius 1 is 0.950 bits per heavy atom. The van der Waals surface area contributed by atoms with Crippen molar-refractivity contribution in [2.24, 2.45) is 11.8 Å². The first-order valence-electron chi connectivity index (χ1n) is 12.9. The van der Waals surface area contributed by atoms with Gasteiger partial charge in [0.25, 0.3) is 0 Å². The normalized spacial score (nSPS) is 12.2. The molecule has 0 heterocycles. The maximum atomic E-state index is 14.1. The third-order valence-corrected chi connectivity index (χ3v) is 6.39. The van der Waals surface area contributed by atoms with Gasteiger partial charge in [-0.3, -0.25) is 0 Å². The van der Waals surface area contributed by atoms with Crippen molar-refractivity contribution >= 4 is 29.1 Å². The molecule has 0 aromatic heterocycles. The lowest BCUT2D eigenvalue weighted by molar-refractivity contribution is -0.170. The summed E-state index contributed by atoms with van der Waals surface area (Å²) in [4.78, 5) is 26.6. The molecule has 2 amide bonds. The number of amides is 2. The number of anilines is 3. The average molecular weight is 560 g/mol. The van der Waals surface area contributed by atoms with Crippen molar-refractivity contribution in [2.75, 3.05) is 28.6 Å². The molecule has 1 atom stereocenters. The van der Waals surface area contributed by atoms with Crippen LogP contribution < -0.4 is 15.5 Å². The number of aryl methyl sites for hydroxylation is 1. The van der Waals surface area contributed by atoms with Gasteiger partial charge in [-0.2, -0.15) is 13.2 Å². The van der Waals surface area contributed by atoms with Gasteiger partial charge in [-0.05, 0) is 72.9 Å². The zero-order valence-corrected chi connectivity index (χ0v) is 22.8. The van der Waals surface area contributed by atoms with Gasteiger partial charge in [0.15, 0.2) is 0 Å². The van der Waals surface area contributed by atoms with Crippen molar-refractivity contribution in [3.63, 3.8) is 0 Å². The molecular weight excluding hydrogens is 526 g/mol. The number of carboxylic acids is 1. The number of carboxylic acid groups (broad SMARTS) is 1. The standard InChI is InChI=1S/C30H33F4N3O3/c1-18(2)17-37(14-13-20(4)30(32,33)34)27-12-7-21(25-16-22(31)8-11-24(25)28(38)39)15-26(27)36-29(40)35-23-9-5-19(3)6-10-23/h5-12,15-16,18,20H,13-14,17H2,1-4H3,(H,38,39)(H2,35,36,40). The molecule has 0 radical (unpaired) electrons. The van der Waals surface area contributed by atoms with E-state index in [0.29, 0.717) is 23.5 Å². The molecule has 3 aromatic rings. The van der Waals surface area contributed by atoms with E-state index in [0.717, 1.165) is 30.7 Å². The first-order chi connectivity index (χ1) is 18.7. The molecule has 3 rings (SSSR count). The fraction of sp³-hybridized carbons (Fsp3) is 0.333. The Morgan fingerprint density at radius 2 is 1.62 bits per heavy atom. The van der Waals surface area contributed by atoms with E-state index in [1.54, 1.807) is 29.2 Å². The Bertz CT molecular complexity index is 1340. The summed E-state index contributed by atoms with van der Waals surface area (Å²) in [6, 6.07) is 14.5. The molecule has 3 aromatic carbocycles. The van der Waals surface area contributed by atoms with Gasteiger partial charge in [0.1, 0.15) is 5.82 Å². The van der Waals surface area contributed by atoms with Crippen molar-refractivity contribution in [3.05, 3.63) is 77.6 Å². The number of hydrogen-bond acceptors (Lipinski definition) is 3. The van der Waals surface area contributed by atoms with Crippen molar-refractivity contribution in [3.8, 4) is 11.1 Å². The second-order valence-corrected chi connectivity index (χ2v) is 10.2. The van der Waals surface area contributed by atoms with Crippen LogP contribution >= 0.6 is 0 Å². The van der Waals surface area contributed by atoms with Crippen LogP contribution in [0.25, 0.3) is 11.1 Å². The summed E-state index contributed by atoms with van der Waals surface area (Å²) in [5, 5.41) is 15.1. The van der Waals surface area contributed by atoms with E-state index in [9.17, 15) is 32.3 Å². The lowest BCUT2D eigenvalue weighted by Crippen LogP contribution is -2.33. The van der Waals surface area contributed by atoms with Crippen LogP contribution in [0.4, 0.5) is 39.4 Å². The largest absolute Gasteiger partial charge is 0.478 e. The summed E-state index contributed by atoms with van der Waals surface area (Å²) < 4.78 is 53.9. The van der Waals surface area contributed by atoms with Gasteiger partial charge in [0.05, 0.1) is 22.9 Å². The molecule has 6 nitrogen and oxygen atoms in total. The van der Waals surface area contributed by atoms with Gasteiger partial charge in [0.2, 0.25) is 0 Å². The van der Waals surface area contributed by atoms with Crippen LogP contribution in [-0.4, -0.2) is 36.4 Å². The molecule has 0 aliphatic rings. The minimum Gasteiger partial charge on any atom is -0.478 e. The Labute approximate surface area is 231 Å². The van der Waals surface area contributed by atoms with Crippen molar-refractivity contribution in [1.29, 1.82) is 0 Å². The lowest BCUT2D eigenvalue weighted by Gasteiger charge is -2.30. The van der Waals surface area contributed by atoms with Crippen LogP contribution in [-0.2, 0) is 0 Å². The van der Waals surface area contributed by atoms with E-state index < -0.39 is 29.9 Å². The minimum atomic E-state index is -4.34. The summed E-state index contributed by atoms with van der Waals surface area (Å²) in [6.07, 6.45) is -4.51. The van der Waals surface area contributed by atoms with Gasteiger partial charge in [-0.15, -0.1) is 0 Å². The number of benzene rings is 3. The number of nitrogens with one attached hydrogen (secondary N) is 2. The lowest BCUT2D eigenvalue weighted by atomic mass is 9.98. The summed E-state index contributed by atoms with van der Waals surface area (Å²) in [6.45, 7) is 7.35. The quantitative estimate of drug-likeness (QED) is 0.219. The molecule has 10 heteroatoms. The molecule has 40 heavy (non-hydrogen) atoms. The maximum Gasteiger partial charge on any atom is 0.391 e. The zero-order chi connectivity index (χ0) is 29.6. The highest BCUT2D eigenvalue weighted by Gasteiger charge is 2.35. The van der Waals surface area contributed by atoms with E-state index in [1.807, 2.05) is 32.9 Å². The van der Waals surface area contributed by atoms with E-state index in [-0.39, 0.29) is 35.7 Å². The summed E-state index contributed by atoms with van der Waals surface area (Å²) in [5.41, 5.74) is 2.51. The Kier molecular flexibility index (Phi) is 9.78. The molecule has 0 saturated heterocycles. The van der Waals surface area contributed by atoms with Crippen LogP contribution in [0.1, 0.15) is 43.1 Å². The van der Waals surface area contributed by atoms with E-state index in [1.165, 1.54) is 6.07 Å². The van der Waals surface area contributed by atoms with Crippen molar-refractivity contribution in [1.82, 2.24) is 0 Å². The molecule has 0 aliphatic heterocycles. The predicted molar refractivity (Wildman–Crippen MR) is 150 cm³/mol. The predicted octanol–water partition coefficient (Wildman–Crippen LogP) is 8.19. The van der Waals surface area contributed by atoms with Crippen LogP contribution in [0.2, 0.25) is 0 Å². The number of rotatable bonds is 10. The number of hydrogen-bond donors (Lipinski definition) is 3.